The summed E-state index contributed by atoms with van der Waals surface area (Å²) in [5, 5.41) is 18.4. The van der Waals surface area contributed by atoms with Gasteiger partial charge in [0.15, 0.2) is 0 Å². The summed E-state index contributed by atoms with van der Waals surface area (Å²) in [4.78, 5) is 20.9. The van der Waals surface area contributed by atoms with Crippen LogP contribution in [0.2, 0.25) is 0 Å². The normalized spacial score (nSPS) is 9.93. The van der Waals surface area contributed by atoms with Gasteiger partial charge in [-0.2, -0.15) is 0 Å². The summed E-state index contributed by atoms with van der Waals surface area (Å²) in [7, 11) is 0. The molecule has 0 saturated heterocycles. The molecule has 0 spiro atoms. The van der Waals surface area contributed by atoms with Gasteiger partial charge in [-0.15, -0.1) is 0 Å². The third kappa shape index (κ3) is 10.8. The number of carboxylic acid groups (broad SMARTS) is 1. The Labute approximate surface area is 87.8 Å². The Morgan fingerprint density at radius 1 is 1.13 bits per heavy atom. The minimum Gasteiger partial charge on any atom is -0.550 e. The van der Waals surface area contributed by atoms with Crippen molar-refractivity contribution in [2.75, 3.05) is 26.4 Å². The molecule has 0 aliphatic rings. The number of carbonyl (C=O) groups is 2. The average Bonchev–Trinajstić information content (AvgIpc) is 2.17. The van der Waals surface area contributed by atoms with Crippen LogP contribution in [0.3, 0.4) is 0 Å². The molecule has 0 heterocycles. The molecule has 15 heavy (non-hydrogen) atoms. The highest BCUT2D eigenvalue weighted by atomic mass is 16.6. The number of hydrogen-bond donors (Lipinski definition) is 1. The van der Waals surface area contributed by atoms with Gasteiger partial charge in [0.1, 0.15) is 6.61 Å². The minimum absolute atomic E-state index is 0.0635. The molecule has 6 heteroatoms. The van der Waals surface area contributed by atoms with Crippen molar-refractivity contribution in [3.63, 3.8) is 0 Å². The maximum absolute atomic E-state index is 10.9. The summed E-state index contributed by atoms with van der Waals surface area (Å²) < 4.78 is 9.56. The second kappa shape index (κ2) is 9.42. The Bertz CT molecular complexity index is 191. The molecule has 1 N–H and O–H groups in total. The van der Waals surface area contributed by atoms with Crippen LogP contribution in [0.1, 0.15) is 19.3 Å². The number of hydrogen-bond acceptors (Lipinski definition) is 6. The van der Waals surface area contributed by atoms with E-state index >= 15 is 0 Å². The van der Waals surface area contributed by atoms with Gasteiger partial charge in [0.2, 0.25) is 0 Å². The Morgan fingerprint density at radius 3 is 2.47 bits per heavy atom. The van der Waals surface area contributed by atoms with Gasteiger partial charge in [-0.05, 0) is 12.8 Å². The fourth-order valence-corrected chi connectivity index (χ4v) is 0.830. The SMILES string of the molecule is O=C([O-])CCCC(=O)OCCOCCO. The molecular formula is C9H15O6-. The minimum atomic E-state index is -1.17. The second-order valence-electron chi connectivity index (χ2n) is 2.78. The van der Waals surface area contributed by atoms with Gasteiger partial charge in [0.25, 0.3) is 0 Å². The molecule has 0 fully saturated rings. The lowest BCUT2D eigenvalue weighted by atomic mass is 10.2. The van der Waals surface area contributed by atoms with E-state index in [2.05, 4.69) is 0 Å². The molecule has 0 rings (SSSR count). The number of carboxylic acids is 1. The lowest BCUT2D eigenvalue weighted by molar-refractivity contribution is -0.305. The van der Waals surface area contributed by atoms with Crippen LogP contribution in [0.4, 0.5) is 0 Å². The van der Waals surface area contributed by atoms with Gasteiger partial charge >= 0.3 is 5.97 Å². The number of aliphatic hydroxyl groups is 1. The fraction of sp³-hybridized carbons (Fsp3) is 0.778. The van der Waals surface area contributed by atoms with Crippen LogP contribution in [-0.4, -0.2) is 43.5 Å². The number of carbonyl (C=O) groups excluding carboxylic acids is 2. The number of ether oxygens (including phenoxy) is 2. The van der Waals surface area contributed by atoms with Gasteiger partial charge in [-0.25, -0.2) is 0 Å². The Balaban J connectivity index is 3.22. The number of rotatable bonds is 9. The Morgan fingerprint density at radius 2 is 1.87 bits per heavy atom. The molecule has 0 aliphatic carbocycles. The summed E-state index contributed by atoms with van der Waals surface area (Å²) in [6.45, 7) is 0.485. The van der Waals surface area contributed by atoms with Crippen LogP contribution < -0.4 is 5.11 Å². The van der Waals surface area contributed by atoms with Crippen molar-refractivity contribution in [1.29, 1.82) is 0 Å². The van der Waals surface area contributed by atoms with Gasteiger partial charge in [0.05, 0.1) is 19.8 Å². The number of aliphatic hydroxyl groups excluding tert-OH is 1. The first kappa shape index (κ1) is 13.9. The highest BCUT2D eigenvalue weighted by Crippen LogP contribution is 1.96. The summed E-state index contributed by atoms with van der Waals surface area (Å²) in [6, 6.07) is 0. The summed E-state index contributed by atoms with van der Waals surface area (Å²) in [5.74, 6) is -1.63. The standard InChI is InChI=1S/C9H16O6/c10-4-5-14-6-7-15-9(13)3-1-2-8(11)12/h10H,1-7H2,(H,11,12)/p-1. The van der Waals surface area contributed by atoms with E-state index in [-0.39, 0.29) is 45.7 Å². The molecule has 0 saturated carbocycles. The van der Waals surface area contributed by atoms with Gasteiger partial charge in [-0.1, -0.05) is 0 Å². The third-order valence-electron chi connectivity index (χ3n) is 1.49. The molecule has 0 bridgehead atoms. The molecule has 0 amide bonds. The molecule has 0 atom stereocenters. The van der Waals surface area contributed by atoms with Crippen molar-refractivity contribution >= 4 is 11.9 Å². The quantitative estimate of drug-likeness (QED) is 0.373. The van der Waals surface area contributed by atoms with E-state index < -0.39 is 11.9 Å². The van der Waals surface area contributed by atoms with Gasteiger partial charge < -0.3 is 24.5 Å². The maximum Gasteiger partial charge on any atom is 0.305 e. The van der Waals surface area contributed by atoms with Crippen LogP contribution >= 0.6 is 0 Å². The van der Waals surface area contributed by atoms with Gasteiger partial charge in [-0.3, -0.25) is 4.79 Å². The van der Waals surface area contributed by atoms with Crippen LogP contribution in [0, 0.1) is 0 Å². The third-order valence-corrected chi connectivity index (χ3v) is 1.49. The van der Waals surface area contributed by atoms with E-state index in [0.717, 1.165) is 0 Å². The van der Waals surface area contributed by atoms with E-state index in [1.54, 1.807) is 0 Å². The molecule has 0 radical (unpaired) electrons. The van der Waals surface area contributed by atoms with E-state index in [4.69, 9.17) is 14.6 Å². The summed E-state index contributed by atoms with van der Waals surface area (Å²) in [5.41, 5.74) is 0. The predicted molar refractivity (Wildman–Crippen MR) is 47.7 cm³/mol. The zero-order valence-electron chi connectivity index (χ0n) is 8.44. The zero-order chi connectivity index (χ0) is 11.5. The summed E-state index contributed by atoms with van der Waals surface area (Å²) >= 11 is 0. The van der Waals surface area contributed by atoms with Crippen molar-refractivity contribution in [2.45, 2.75) is 19.3 Å². The van der Waals surface area contributed by atoms with Crippen molar-refractivity contribution in [2.24, 2.45) is 0 Å². The molecule has 0 unspecified atom stereocenters. The molecule has 0 aromatic rings. The first-order chi connectivity index (χ1) is 7.16. The molecule has 88 valence electrons. The van der Waals surface area contributed by atoms with E-state index in [1.165, 1.54) is 0 Å². The van der Waals surface area contributed by atoms with Crippen LogP contribution in [0.25, 0.3) is 0 Å². The Kier molecular flexibility index (Phi) is 8.70. The average molecular weight is 219 g/mol. The van der Waals surface area contributed by atoms with Crippen LogP contribution in [0.15, 0.2) is 0 Å². The second-order valence-corrected chi connectivity index (χ2v) is 2.78. The molecular weight excluding hydrogens is 204 g/mol. The number of aliphatic carboxylic acids is 1. The van der Waals surface area contributed by atoms with Crippen molar-refractivity contribution < 1.29 is 29.3 Å². The largest absolute Gasteiger partial charge is 0.550 e. The number of esters is 1. The van der Waals surface area contributed by atoms with Crippen LogP contribution in [0.5, 0.6) is 0 Å². The highest BCUT2D eigenvalue weighted by Gasteiger charge is 2.02. The predicted octanol–water partition coefficient (Wildman–Crippen LogP) is -1.54. The smallest absolute Gasteiger partial charge is 0.305 e. The summed E-state index contributed by atoms with van der Waals surface area (Å²) in [6.07, 6.45) is 0.142. The molecule has 6 nitrogen and oxygen atoms in total. The monoisotopic (exact) mass is 219 g/mol. The first-order valence-corrected chi connectivity index (χ1v) is 4.71. The van der Waals surface area contributed by atoms with E-state index in [9.17, 15) is 14.7 Å². The van der Waals surface area contributed by atoms with E-state index in [0.29, 0.717) is 0 Å². The van der Waals surface area contributed by atoms with E-state index in [1.807, 2.05) is 0 Å². The molecule has 0 aromatic heterocycles. The van der Waals surface area contributed by atoms with Crippen molar-refractivity contribution in [3.05, 3.63) is 0 Å². The lowest BCUT2D eigenvalue weighted by Gasteiger charge is -2.05. The topological polar surface area (TPSA) is 95.9 Å². The maximum atomic E-state index is 10.9. The first-order valence-electron chi connectivity index (χ1n) is 4.71. The fourth-order valence-electron chi connectivity index (χ4n) is 0.830. The lowest BCUT2D eigenvalue weighted by Crippen LogP contribution is -2.22. The Hall–Kier alpha value is -1.14. The van der Waals surface area contributed by atoms with Crippen molar-refractivity contribution in [1.82, 2.24) is 0 Å². The van der Waals surface area contributed by atoms with Crippen molar-refractivity contribution in [3.8, 4) is 0 Å². The van der Waals surface area contributed by atoms with Crippen LogP contribution in [-0.2, 0) is 19.1 Å². The molecule has 0 aliphatic heterocycles. The van der Waals surface area contributed by atoms with Gasteiger partial charge in [0, 0.05) is 12.4 Å². The molecule has 0 aromatic carbocycles. The zero-order valence-corrected chi connectivity index (χ0v) is 8.44. The highest BCUT2D eigenvalue weighted by molar-refractivity contribution is 5.70.